The van der Waals surface area contributed by atoms with Gasteiger partial charge in [-0.15, -0.1) is 0 Å². The highest BCUT2D eigenvalue weighted by Crippen LogP contribution is 2.43. The van der Waals surface area contributed by atoms with Gasteiger partial charge >= 0.3 is 0 Å². The molecular weight excluding hydrogens is 366 g/mol. The quantitative estimate of drug-likeness (QED) is 0.692. The molecule has 2 aliphatic rings. The maximum Gasteiger partial charge on any atom is 0.157 e. The number of hydrogen-bond donors (Lipinski definition) is 2. The van der Waals surface area contributed by atoms with Crippen LogP contribution in [0.3, 0.4) is 0 Å². The van der Waals surface area contributed by atoms with Crippen molar-refractivity contribution in [2.75, 3.05) is 25.5 Å². The van der Waals surface area contributed by atoms with Crippen LogP contribution in [0.1, 0.15) is 42.9 Å². The SMILES string of the molecule is COc1cc2ncc(-c3ccc(C#N)c(NC4CCCNC4)n3)n2nc1C1CC1. The number of imidazole rings is 1. The maximum atomic E-state index is 9.51. The van der Waals surface area contributed by atoms with Crippen molar-refractivity contribution in [3.8, 4) is 23.2 Å². The molecule has 8 nitrogen and oxygen atoms in total. The molecule has 0 amide bonds. The molecule has 0 bridgehead atoms. The van der Waals surface area contributed by atoms with Crippen LogP contribution in [0.25, 0.3) is 17.0 Å². The van der Waals surface area contributed by atoms with Gasteiger partial charge in [-0.25, -0.2) is 14.5 Å². The Morgan fingerprint density at radius 1 is 1.31 bits per heavy atom. The smallest absolute Gasteiger partial charge is 0.157 e. The lowest BCUT2D eigenvalue weighted by Gasteiger charge is -2.24. The molecule has 1 aliphatic carbocycles. The zero-order valence-corrected chi connectivity index (χ0v) is 16.4. The summed E-state index contributed by atoms with van der Waals surface area (Å²) in [6.45, 7) is 1.91. The Kier molecular flexibility index (Phi) is 4.52. The second kappa shape index (κ2) is 7.33. The fraction of sp³-hybridized carbons (Fsp3) is 0.429. The molecule has 1 saturated carbocycles. The molecule has 1 aliphatic heterocycles. The summed E-state index contributed by atoms with van der Waals surface area (Å²) in [5.41, 5.74) is 3.78. The molecule has 0 spiro atoms. The molecule has 4 heterocycles. The van der Waals surface area contributed by atoms with E-state index in [-0.39, 0.29) is 6.04 Å². The minimum atomic E-state index is 0.268. The van der Waals surface area contributed by atoms with Crippen molar-refractivity contribution in [2.45, 2.75) is 37.6 Å². The number of hydrogen-bond acceptors (Lipinski definition) is 7. The van der Waals surface area contributed by atoms with Crippen LogP contribution >= 0.6 is 0 Å². The summed E-state index contributed by atoms with van der Waals surface area (Å²) in [4.78, 5) is 9.27. The fourth-order valence-corrected chi connectivity index (χ4v) is 3.86. The van der Waals surface area contributed by atoms with Gasteiger partial charge in [-0.3, -0.25) is 0 Å². The standard InChI is InChI=1S/C21H23N7O/c1-29-18-9-19-24-12-17(28(19)27-20(18)13-4-5-13)16-7-6-14(10-22)21(26-16)25-15-3-2-8-23-11-15/h6-7,9,12-13,15,23H,2-5,8,11H2,1H3,(H,25,26). The lowest BCUT2D eigenvalue weighted by molar-refractivity contribution is 0.405. The first kappa shape index (κ1) is 17.9. The van der Waals surface area contributed by atoms with E-state index in [1.165, 1.54) is 0 Å². The third kappa shape index (κ3) is 3.38. The topological polar surface area (TPSA) is 100 Å². The summed E-state index contributed by atoms with van der Waals surface area (Å²) < 4.78 is 7.35. The van der Waals surface area contributed by atoms with Crippen LogP contribution in [0.5, 0.6) is 5.75 Å². The van der Waals surface area contributed by atoms with Crippen molar-refractivity contribution in [3.63, 3.8) is 0 Å². The Morgan fingerprint density at radius 2 is 2.21 bits per heavy atom. The summed E-state index contributed by atoms with van der Waals surface area (Å²) in [5.74, 6) is 1.86. The molecule has 2 N–H and O–H groups in total. The first-order chi connectivity index (χ1) is 14.3. The van der Waals surface area contributed by atoms with Crippen LogP contribution in [0, 0.1) is 11.3 Å². The summed E-state index contributed by atoms with van der Waals surface area (Å²) in [6, 6.07) is 8.11. The van der Waals surface area contributed by atoms with Gasteiger partial charge in [0.05, 0.1) is 24.6 Å². The number of piperidine rings is 1. The highest BCUT2D eigenvalue weighted by atomic mass is 16.5. The lowest BCUT2D eigenvalue weighted by Crippen LogP contribution is -2.38. The molecule has 1 atom stereocenters. The van der Waals surface area contributed by atoms with Gasteiger partial charge in [0, 0.05) is 24.6 Å². The zero-order chi connectivity index (χ0) is 19.8. The van der Waals surface area contributed by atoms with E-state index in [0.29, 0.717) is 17.3 Å². The second-order valence-corrected chi connectivity index (χ2v) is 7.68. The van der Waals surface area contributed by atoms with Crippen LogP contribution in [-0.2, 0) is 0 Å². The lowest BCUT2D eigenvalue weighted by atomic mass is 10.1. The molecule has 0 radical (unpaired) electrons. The van der Waals surface area contributed by atoms with Gasteiger partial charge in [-0.1, -0.05) is 0 Å². The number of ether oxygens (including phenoxy) is 1. The normalized spacial score (nSPS) is 19.1. The van der Waals surface area contributed by atoms with Crippen molar-refractivity contribution in [1.82, 2.24) is 24.9 Å². The van der Waals surface area contributed by atoms with E-state index in [9.17, 15) is 5.26 Å². The molecule has 3 aromatic heterocycles. The molecule has 8 heteroatoms. The number of pyridine rings is 1. The van der Waals surface area contributed by atoms with E-state index in [4.69, 9.17) is 14.8 Å². The molecule has 2 fully saturated rings. The molecule has 1 unspecified atom stereocenters. The second-order valence-electron chi connectivity index (χ2n) is 7.68. The minimum Gasteiger partial charge on any atom is -0.495 e. The Labute approximate surface area is 168 Å². The minimum absolute atomic E-state index is 0.268. The van der Waals surface area contributed by atoms with Gasteiger partial charge < -0.3 is 15.4 Å². The predicted molar refractivity (Wildman–Crippen MR) is 109 cm³/mol. The van der Waals surface area contributed by atoms with E-state index in [1.54, 1.807) is 13.3 Å². The van der Waals surface area contributed by atoms with Crippen LogP contribution < -0.4 is 15.4 Å². The summed E-state index contributed by atoms with van der Waals surface area (Å²) >= 11 is 0. The Morgan fingerprint density at radius 3 is 2.93 bits per heavy atom. The van der Waals surface area contributed by atoms with Gasteiger partial charge in [0.15, 0.2) is 5.65 Å². The van der Waals surface area contributed by atoms with E-state index in [1.807, 2.05) is 22.7 Å². The van der Waals surface area contributed by atoms with E-state index < -0.39 is 0 Å². The predicted octanol–water partition coefficient (Wildman–Crippen LogP) is 2.71. The van der Waals surface area contributed by atoms with Crippen LogP contribution in [0.15, 0.2) is 24.4 Å². The van der Waals surface area contributed by atoms with E-state index in [0.717, 1.165) is 67.3 Å². The fourth-order valence-electron chi connectivity index (χ4n) is 3.86. The van der Waals surface area contributed by atoms with Crippen molar-refractivity contribution < 1.29 is 4.74 Å². The average Bonchev–Trinajstić information content (AvgIpc) is 3.53. The first-order valence-corrected chi connectivity index (χ1v) is 10.1. The average molecular weight is 389 g/mol. The Bertz CT molecular complexity index is 1090. The van der Waals surface area contributed by atoms with Crippen LogP contribution in [0.2, 0.25) is 0 Å². The maximum absolute atomic E-state index is 9.51. The number of nitriles is 1. The molecule has 1 saturated heterocycles. The molecule has 5 rings (SSSR count). The monoisotopic (exact) mass is 389 g/mol. The Hall–Kier alpha value is -3.18. The van der Waals surface area contributed by atoms with Gasteiger partial charge in [0.1, 0.15) is 29.0 Å². The highest BCUT2D eigenvalue weighted by molar-refractivity contribution is 5.65. The molecule has 3 aromatic rings. The number of rotatable bonds is 5. The van der Waals surface area contributed by atoms with Crippen molar-refractivity contribution in [1.29, 1.82) is 5.26 Å². The van der Waals surface area contributed by atoms with Gasteiger partial charge in [0.25, 0.3) is 0 Å². The Balaban J connectivity index is 1.55. The summed E-state index contributed by atoms with van der Waals surface area (Å²) in [7, 11) is 1.67. The van der Waals surface area contributed by atoms with Crippen LogP contribution in [-0.4, -0.2) is 45.8 Å². The van der Waals surface area contributed by atoms with Gasteiger partial charge in [0.2, 0.25) is 0 Å². The first-order valence-electron chi connectivity index (χ1n) is 10.1. The highest BCUT2D eigenvalue weighted by Gasteiger charge is 2.30. The number of methoxy groups -OCH3 is 1. The summed E-state index contributed by atoms with van der Waals surface area (Å²) in [5, 5.41) is 21.2. The van der Waals surface area contributed by atoms with Crippen LogP contribution in [0.4, 0.5) is 5.82 Å². The molecule has 148 valence electrons. The van der Waals surface area contributed by atoms with Crippen molar-refractivity contribution in [2.24, 2.45) is 0 Å². The third-order valence-corrected chi connectivity index (χ3v) is 5.58. The molecule has 0 aromatic carbocycles. The molecule has 29 heavy (non-hydrogen) atoms. The largest absolute Gasteiger partial charge is 0.495 e. The number of fused-ring (bicyclic) bond motifs is 1. The van der Waals surface area contributed by atoms with E-state index in [2.05, 4.69) is 21.7 Å². The van der Waals surface area contributed by atoms with Crippen molar-refractivity contribution >= 4 is 11.5 Å². The van der Waals surface area contributed by atoms with Gasteiger partial charge in [-0.2, -0.15) is 10.4 Å². The number of anilines is 1. The molecular formula is C21H23N7O. The number of aromatic nitrogens is 4. The summed E-state index contributed by atoms with van der Waals surface area (Å²) in [6.07, 6.45) is 6.22. The van der Waals surface area contributed by atoms with E-state index >= 15 is 0 Å². The van der Waals surface area contributed by atoms with Gasteiger partial charge in [-0.05, 0) is 44.4 Å². The third-order valence-electron chi connectivity index (χ3n) is 5.58. The van der Waals surface area contributed by atoms with Crippen molar-refractivity contribution in [3.05, 3.63) is 35.7 Å². The zero-order valence-electron chi connectivity index (χ0n) is 16.4. The number of nitrogens with zero attached hydrogens (tertiary/aromatic N) is 5. The number of nitrogens with one attached hydrogen (secondary N) is 2.